The van der Waals surface area contributed by atoms with E-state index >= 15 is 0 Å². The third-order valence-corrected chi connectivity index (χ3v) is 4.90. The van der Waals surface area contributed by atoms with E-state index in [2.05, 4.69) is 15.0 Å². The lowest BCUT2D eigenvalue weighted by molar-refractivity contribution is 0.597. The Balaban J connectivity index is 2.11. The molecule has 2 aromatic heterocycles. The zero-order valence-electron chi connectivity index (χ0n) is 10.6. The first-order valence-electron chi connectivity index (χ1n) is 5.83. The summed E-state index contributed by atoms with van der Waals surface area (Å²) in [6, 6.07) is 8.76. The quantitative estimate of drug-likeness (QED) is 0.775. The van der Waals surface area contributed by atoms with Crippen LogP contribution in [-0.2, 0) is 10.0 Å². The fraction of sp³-hybridized carbons (Fsp3) is 0.0833. The van der Waals surface area contributed by atoms with Crippen molar-refractivity contribution in [1.29, 1.82) is 0 Å². The monoisotopic (exact) mass is 308 g/mol. The Morgan fingerprint density at radius 1 is 1.25 bits per heavy atom. The molecule has 3 rings (SSSR count). The molecule has 0 fully saturated rings. The number of para-hydroxylation sites is 1. The summed E-state index contributed by atoms with van der Waals surface area (Å²) < 4.78 is 29.2. The van der Waals surface area contributed by atoms with Crippen molar-refractivity contribution in [3.63, 3.8) is 0 Å². The van der Waals surface area contributed by atoms with Gasteiger partial charge >= 0.3 is 0 Å². The van der Waals surface area contributed by atoms with E-state index in [1.165, 1.54) is 11.3 Å². The molecule has 2 N–H and O–H groups in total. The minimum Gasteiger partial charge on any atom is -0.371 e. The first-order chi connectivity index (χ1) is 9.62. The zero-order chi connectivity index (χ0) is 14.2. The molecule has 0 amide bonds. The smallest absolute Gasteiger partial charge is 0.281 e. The fourth-order valence-corrected chi connectivity index (χ4v) is 4.02. The molecule has 3 aromatic rings. The maximum absolute atomic E-state index is 12.5. The van der Waals surface area contributed by atoms with Crippen molar-refractivity contribution in [3.05, 3.63) is 41.9 Å². The van der Waals surface area contributed by atoms with Crippen LogP contribution in [0.4, 0.5) is 11.5 Å². The van der Waals surface area contributed by atoms with E-state index in [0.717, 1.165) is 0 Å². The molecule has 0 aliphatic heterocycles. The lowest BCUT2D eigenvalue weighted by atomic mass is 10.3. The van der Waals surface area contributed by atoms with Gasteiger partial charge in [-0.05, 0) is 12.1 Å². The van der Waals surface area contributed by atoms with Gasteiger partial charge < -0.3 is 5.32 Å². The number of nitrogens with one attached hydrogen (secondary N) is 2. The molecule has 1 aromatic carbocycles. The highest BCUT2D eigenvalue weighted by Crippen LogP contribution is 2.26. The predicted molar refractivity (Wildman–Crippen MR) is 79.9 cm³/mol. The van der Waals surface area contributed by atoms with Crippen molar-refractivity contribution in [2.75, 3.05) is 17.1 Å². The van der Waals surface area contributed by atoms with Gasteiger partial charge in [0, 0.05) is 24.3 Å². The molecule has 0 saturated carbocycles. The third kappa shape index (κ3) is 2.12. The Morgan fingerprint density at radius 2 is 2.00 bits per heavy atom. The van der Waals surface area contributed by atoms with Gasteiger partial charge in [-0.15, -0.1) is 11.3 Å². The third-order valence-electron chi connectivity index (χ3n) is 2.74. The van der Waals surface area contributed by atoms with Gasteiger partial charge in [-0.25, -0.2) is 4.98 Å². The topological polar surface area (TPSA) is 75.5 Å². The number of imidazole rings is 1. The van der Waals surface area contributed by atoms with Crippen LogP contribution in [-0.4, -0.2) is 24.9 Å². The van der Waals surface area contributed by atoms with Gasteiger partial charge in [0.15, 0.2) is 10.8 Å². The lowest BCUT2D eigenvalue weighted by Gasteiger charge is -2.08. The second-order valence-electron chi connectivity index (χ2n) is 4.04. The number of benzene rings is 1. The predicted octanol–water partition coefficient (Wildman–Crippen LogP) is 2.24. The number of sulfonamides is 1. The van der Waals surface area contributed by atoms with Gasteiger partial charge in [0.05, 0.1) is 0 Å². The SMILES string of the molecule is CNc1nc2sccn2c1S(=O)(=O)Nc1ccccc1. The highest BCUT2D eigenvalue weighted by atomic mass is 32.2. The van der Waals surface area contributed by atoms with Crippen molar-refractivity contribution < 1.29 is 8.42 Å². The molecule has 0 saturated heterocycles. The van der Waals surface area contributed by atoms with E-state index in [-0.39, 0.29) is 5.03 Å². The normalized spacial score (nSPS) is 11.7. The van der Waals surface area contributed by atoms with Crippen LogP contribution in [0.5, 0.6) is 0 Å². The summed E-state index contributed by atoms with van der Waals surface area (Å²) in [6.07, 6.45) is 1.69. The number of hydrogen-bond acceptors (Lipinski definition) is 5. The summed E-state index contributed by atoms with van der Waals surface area (Å²) in [5, 5.41) is 4.72. The minimum atomic E-state index is -3.71. The summed E-state index contributed by atoms with van der Waals surface area (Å²) in [5.74, 6) is 0.334. The average molecular weight is 308 g/mol. The molecule has 6 nitrogen and oxygen atoms in total. The van der Waals surface area contributed by atoms with Crippen LogP contribution in [0.15, 0.2) is 46.9 Å². The Morgan fingerprint density at radius 3 is 2.70 bits per heavy atom. The molecular weight excluding hydrogens is 296 g/mol. The van der Waals surface area contributed by atoms with Crippen LogP contribution < -0.4 is 10.0 Å². The molecule has 0 bridgehead atoms. The van der Waals surface area contributed by atoms with Crippen molar-refractivity contribution in [2.45, 2.75) is 5.03 Å². The van der Waals surface area contributed by atoms with Gasteiger partial charge in [-0.2, -0.15) is 8.42 Å². The number of nitrogens with zero attached hydrogens (tertiary/aromatic N) is 2. The van der Waals surface area contributed by atoms with Crippen LogP contribution in [0.25, 0.3) is 4.96 Å². The van der Waals surface area contributed by atoms with Gasteiger partial charge in [0.25, 0.3) is 10.0 Å². The lowest BCUT2D eigenvalue weighted by Crippen LogP contribution is -2.16. The molecule has 0 atom stereocenters. The summed E-state index contributed by atoms with van der Waals surface area (Å²) >= 11 is 1.38. The zero-order valence-corrected chi connectivity index (χ0v) is 12.2. The summed E-state index contributed by atoms with van der Waals surface area (Å²) in [4.78, 5) is 4.88. The first kappa shape index (κ1) is 12.9. The Hall–Kier alpha value is -2.06. The van der Waals surface area contributed by atoms with Gasteiger partial charge in [0.2, 0.25) is 5.03 Å². The van der Waals surface area contributed by atoms with E-state index in [1.807, 2.05) is 6.07 Å². The molecular formula is C12H12N4O2S2. The van der Waals surface area contributed by atoms with Crippen LogP contribution >= 0.6 is 11.3 Å². The molecule has 0 spiro atoms. The van der Waals surface area contributed by atoms with E-state index in [9.17, 15) is 8.42 Å². The Kier molecular flexibility index (Phi) is 3.11. The summed E-state index contributed by atoms with van der Waals surface area (Å²) in [5.41, 5.74) is 0.514. The van der Waals surface area contributed by atoms with Gasteiger partial charge in [-0.3, -0.25) is 9.12 Å². The largest absolute Gasteiger partial charge is 0.371 e. The number of hydrogen-bond donors (Lipinski definition) is 2. The van der Waals surface area contributed by atoms with Crippen LogP contribution in [0.1, 0.15) is 0 Å². The van der Waals surface area contributed by atoms with Crippen molar-refractivity contribution in [2.24, 2.45) is 0 Å². The van der Waals surface area contributed by atoms with Crippen LogP contribution in [0.3, 0.4) is 0 Å². The summed E-state index contributed by atoms with van der Waals surface area (Å²) in [7, 11) is -2.07. The molecule has 0 radical (unpaired) electrons. The summed E-state index contributed by atoms with van der Waals surface area (Å²) in [6.45, 7) is 0. The Bertz CT molecular complexity index is 837. The first-order valence-corrected chi connectivity index (χ1v) is 8.19. The van der Waals surface area contributed by atoms with E-state index in [1.54, 1.807) is 47.3 Å². The maximum Gasteiger partial charge on any atom is 0.281 e. The standard InChI is InChI=1S/C12H12N4O2S2/c1-13-10-11(16-7-8-19-12(16)14-10)20(17,18)15-9-5-3-2-4-6-9/h2-8,13,15H,1H3. The molecule has 104 valence electrons. The molecule has 2 heterocycles. The van der Waals surface area contributed by atoms with Crippen molar-refractivity contribution in [1.82, 2.24) is 9.38 Å². The number of aromatic nitrogens is 2. The van der Waals surface area contributed by atoms with E-state index < -0.39 is 10.0 Å². The van der Waals surface area contributed by atoms with Gasteiger partial charge in [0.1, 0.15) is 0 Å². The van der Waals surface area contributed by atoms with E-state index in [0.29, 0.717) is 16.5 Å². The molecule has 0 aliphatic carbocycles. The molecule has 8 heteroatoms. The van der Waals surface area contributed by atoms with E-state index in [4.69, 9.17) is 0 Å². The molecule has 0 aliphatic rings. The van der Waals surface area contributed by atoms with Crippen molar-refractivity contribution in [3.8, 4) is 0 Å². The number of rotatable bonds is 4. The highest BCUT2D eigenvalue weighted by Gasteiger charge is 2.25. The maximum atomic E-state index is 12.5. The number of thiazole rings is 1. The molecule has 20 heavy (non-hydrogen) atoms. The van der Waals surface area contributed by atoms with Crippen molar-refractivity contribution >= 4 is 37.8 Å². The average Bonchev–Trinajstić information content (AvgIpc) is 2.98. The second kappa shape index (κ2) is 4.80. The Labute approximate surface area is 120 Å². The second-order valence-corrected chi connectivity index (χ2v) is 6.51. The number of anilines is 2. The minimum absolute atomic E-state index is 0.111. The number of fused-ring (bicyclic) bond motifs is 1. The van der Waals surface area contributed by atoms with Gasteiger partial charge in [-0.1, -0.05) is 18.2 Å². The van der Waals surface area contributed by atoms with Crippen LogP contribution in [0.2, 0.25) is 0 Å². The molecule has 0 unspecified atom stereocenters. The fourth-order valence-electron chi connectivity index (χ4n) is 1.89. The van der Waals surface area contributed by atoms with Crippen LogP contribution in [0, 0.1) is 0 Å². The highest BCUT2D eigenvalue weighted by molar-refractivity contribution is 7.92.